The molecule has 1 rings (SSSR count). The van der Waals surface area contributed by atoms with Crippen LogP contribution < -0.4 is 5.32 Å². The summed E-state index contributed by atoms with van der Waals surface area (Å²) in [6, 6.07) is 8.62. The minimum Gasteiger partial charge on any atom is -0.384 e. The number of carbonyl (C=O) groups is 1. The highest BCUT2D eigenvalue weighted by Gasteiger charge is 2.00. The minimum atomic E-state index is 0.197. The van der Waals surface area contributed by atoms with Gasteiger partial charge >= 0.3 is 0 Å². The molecule has 0 bridgehead atoms. The molecule has 1 N–H and O–H groups in total. The second-order valence-electron chi connectivity index (χ2n) is 5.29. The molecule has 2 nitrogen and oxygen atoms in total. The van der Waals surface area contributed by atoms with E-state index < -0.39 is 0 Å². The maximum atomic E-state index is 11.5. The summed E-state index contributed by atoms with van der Waals surface area (Å²) in [7, 11) is 0. The Morgan fingerprint density at radius 1 is 1.19 bits per heavy atom. The van der Waals surface area contributed by atoms with E-state index in [4.69, 9.17) is 0 Å². The maximum Gasteiger partial charge on any atom is 0.157 e. The van der Waals surface area contributed by atoms with E-state index in [2.05, 4.69) is 43.4 Å². The van der Waals surface area contributed by atoms with E-state index in [1.807, 2.05) is 27.7 Å². The highest BCUT2D eigenvalue weighted by atomic mass is 16.1. The predicted octanol–water partition coefficient (Wildman–Crippen LogP) is 5.20. The van der Waals surface area contributed by atoms with Gasteiger partial charge in [0, 0.05) is 18.7 Å². The van der Waals surface area contributed by atoms with Crippen molar-refractivity contribution in [2.24, 2.45) is 0 Å². The first-order valence-corrected chi connectivity index (χ1v) is 8.06. The van der Waals surface area contributed by atoms with Gasteiger partial charge in [-0.15, -0.1) is 0 Å². The van der Waals surface area contributed by atoms with Gasteiger partial charge in [-0.05, 0) is 36.5 Å². The van der Waals surface area contributed by atoms with Crippen LogP contribution in [0, 0.1) is 0 Å². The summed E-state index contributed by atoms with van der Waals surface area (Å²) in [5, 5.41) is 3.28. The summed E-state index contributed by atoms with van der Waals surface area (Å²) >= 11 is 0. The molecule has 0 aliphatic rings. The Balaban J connectivity index is 0.00000191. The van der Waals surface area contributed by atoms with Crippen LogP contribution in [0.2, 0.25) is 0 Å². The lowest BCUT2D eigenvalue weighted by molar-refractivity contribution is -0.114. The molecule has 0 unspecified atom stereocenters. The molecule has 0 aliphatic heterocycles. The lowest BCUT2D eigenvalue weighted by Gasteiger charge is -2.09. The number of nitrogens with one attached hydrogen (secondary N) is 1. The van der Waals surface area contributed by atoms with E-state index in [-0.39, 0.29) is 5.78 Å². The van der Waals surface area contributed by atoms with Crippen molar-refractivity contribution in [2.45, 2.75) is 66.8 Å². The largest absolute Gasteiger partial charge is 0.384 e. The SMILES string of the molecule is CC.CCCC(=O)/C=C(/C)NCc1ccc(C(C)C)cc1. The number of allylic oxidation sites excluding steroid dienone is 2. The normalized spacial score (nSPS) is 10.9. The smallest absolute Gasteiger partial charge is 0.157 e. The van der Waals surface area contributed by atoms with Crippen molar-refractivity contribution in [2.75, 3.05) is 0 Å². The van der Waals surface area contributed by atoms with E-state index >= 15 is 0 Å². The maximum absolute atomic E-state index is 11.5. The van der Waals surface area contributed by atoms with Gasteiger partial charge in [0.1, 0.15) is 0 Å². The summed E-state index contributed by atoms with van der Waals surface area (Å²) in [5.41, 5.74) is 3.53. The number of benzene rings is 1. The fraction of sp³-hybridized carbons (Fsp3) is 0.526. The predicted molar refractivity (Wildman–Crippen MR) is 92.4 cm³/mol. The first kappa shape index (κ1) is 19.4. The number of ketones is 1. The number of rotatable bonds is 7. The van der Waals surface area contributed by atoms with Crippen molar-refractivity contribution in [1.82, 2.24) is 5.32 Å². The molecule has 1 aromatic rings. The summed E-state index contributed by atoms with van der Waals surface area (Å²) in [5.74, 6) is 0.762. The molecule has 0 aromatic heterocycles. The Kier molecular flexibility index (Phi) is 10.3. The summed E-state index contributed by atoms with van der Waals surface area (Å²) in [6.07, 6.45) is 3.23. The van der Waals surface area contributed by atoms with Crippen molar-refractivity contribution >= 4 is 5.78 Å². The zero-order valence-corrected chi connectivity index (χ0v) is 14.5. The highest BCUT2D eigenvalue weighted by Crippen LogP contribution is 2.14. The second-order valence-corrected chi connectivity index (χ2v) is 5.29. The number of carbonyl (C=O) groups excluding carboxylic acids is 1. The van der Waals surface area contributed by atoms with Crippen LogP contribution in [-0.4, -0.2) is 5.78 Å². The third-order valence-corrected chi connectivity index (χ3v) is 3.09. The molecular formula is C19H31NO. The van der Waals surface area contributed by atoms with Crippen molar-refractivity contribution in [1.29, 1.82) is 0 Å². The topological polar surface area (TPSA) is 29.1 Å². The Morgan fingerprint density at radius 3 is 2.24 bits per heavy atom. The van der Waals surface area contributed by atoms with Gasteiger partial charge in [0.2, 0.25) is 0 Å². The minimum absolute atomic E-state index is 0.197. The molecule has 0 aliphatic carbocycles. The Hall–Kier alpha value is -1.57. The van der Waals surface area contributed by atoms with Crippen molar-refractivity contribution in [3.63, 3.8) is 0 Å². The number of hydrogen-bond donors (Lipinski definition) is 1. The zero-order valence-electron chi connectivity index (χ0n) is 14.5. The van der Waals surface area contributed by atoms with E-state index in [0.29, 0.717) is 12.3 Å². The van der Waals surface area contributed by atoms with Gasteiger partial charge < -0.3 is 5.32 Å². The summed E-state index contributed by atoms with van der Waals surface area (Å²) < 4.78 is 0. The molecule has 1 aromatic carbocycles. The molecule has 0 amide bonds. The van der Waals surface area contributed by atoms with Crippen molar-refractivity contribution in [3.05, 3.63) is 47.2 Å². The molecule has 0 atom stereocenters. The van der Waals surface area contributed by atoms with Crippen LogP contribution in [0.3, 0.4) is 0 Å². The van der Waals surface area contributed by atoms with Crippen molar-refractivity contribution in [3.8, 4) is 0 Å². The van der Waals surface area contributed by atoms with E-state index in [1.165, 1.54) is 11.1 Å². The molecule has 21 heavy (non-hydrogen) atoms. The van der Waals surface area contributed by atoms with Crippen LogP contribution in [0.5, 0.6) is 0 Å². The molecule has 0 fully saturated rings. The van der Waals surface area contributed by atoms with Crippen LogP contribution in [0.15, 0.2) is 36.0 Å². The first-order valence-electron chi connectivity index (χ1n) is 8.06. The fourth-order valence-corrected chi connectivity index (χ4v) is 1.87. The molecular weight excluding hydrogens is 258 g/mol. The van der Waals surface area contributed by atoms with E-state index in [1.54, 1.807) is 6.08 Å². The van der Waals surface area contributed by atoms with E-state index in [9.17, 15) is 4.79 Å². The van der Waals surface area contributed by atoms with Crippen LogP contribution in [-0.2, 0) is 11.3 Å². The lowest BCUT2D eigenvalue weighted by Crippen LogP contribution is -2.12. The Morgan fingerprint density at radius 2 is 1.76 bits per heavy atom. The molecule has 118 valence electrons. The number of hydrogen-bond acceptors (Lipinski definition) is 2. The molecule has 0 radical (unpaired) electrons. The van der Waals surface area contributed by atoms with Gasteiger partial charge in [0.15, 0.2) is 5.78 Å². The first-order chi connectivity index (χ1) is 10.0. The van der Waals surface area contributed by atoms with Crippen LogP contribution in [0.1, 0.15) is 71.4 Å². The average Bonchev–Trinajstić information content (AvgIpc) is 2.48. The highest BCUT2D eigenvalue weighted by molar-refractivity contribution is 5.90. The molecule has 2 heteroatoms. The Labute approximate surface area is 130 Å². The van der Waals surface area contributed by atoms with Gasteiger partial charge in [-0.25, -0.2) is 0 Å². The third kappa shape index (κ3) is 8.34. The van der Waals surface area contributed by atoms with Gasteiger partial charge in [-0.3, -0.25) is 4.79 Å². The van der Waals surface area contributed by atoms with Gasteiger partial charge in [0.05, 0.1) is 0 Å². The lowest BCUT2D eigenvalue weighted by atomic mass is 10.0. The third-order valence-electron chi connectivity index (χ3n) is 3.09. The summed E-state index contributed by atoms with van der Waals surface area (Å²) in [4.78, 5) is 11.5. The van der Waals surface area contributed by atoms with Crippen LogP contribution in [0.25, 0.3) is 0 Å². The summed E-state index contributed by atoms with van der Waals surface area (Å²) in [6.45, 7) is 13.1. The van der Waals surface area contributed by atoms with Crippen LogP contribution in [0.4, 0.5) is 0 Å². The quantitative estimate of drug-likeness (QED) is 0.699. The molecule has 0 saturated heterocycles. The monoisotopic (exact) mass is 289 g/mol. The van der Waals surface area contributed by atoms with Gasteiger partial charge in [0.25, 0.3) is 0 Å². The molecule has 0 saturated carbocycles. The van der Waals surface area contributed by atoms with Gasteiger partial charge in [-0.2, -0.15) is 0 Å². The Bertz CT molecular complexity index is 429. The molecule has 0 spiro atoms. The second kappa shape index (κ2) is 11.1. The average molecular weight is 289 g/mol. The van der Waals surface area contributed by atoms with E-state index in [0.717, 1.165) is 18.7 Å². The fourth-order valence-electron chi connectivity index (χ4n) is 1.87. The van der Waals surface area contributed by atoms with Crippen molar-refractivity contribution < 1.29 is 4.79 Å². The zero-order chi connectivity index (χ0) is 16.3. The van der Waals surface area contributed by atoms with Gasteiger partial charge in [-0.1, -0.05) is 58.9 Å². The van der Waals surface area contributed by atoms with Crippen LogP contribution >= 0.6 is 0 Å². The standard InChI is InChI=1S/C17H25NO.C2H6/c1-5-6-17(19)11-14(4)18-12-15-7-9-16(10-8-15)13(2)3;1-2/h7-11,13,18H,5-6,12H2,1-4H3;1-2H3/b14-11-;. The molecule has 0 heterocycles.